The molecule has 2 aliphatic rings. The van der Waals surface area contributed by atoms with Crippen LogP contribution in [0.2, 0.25) is 5.02 Å². The molecule has 2 N–H and O–H groups in total. The van der Waals surface area contributed by atoms with Crippen molar-refractivity contribution in [1.29, 1.82) is 0 Å². The van der Waals surface area contributed by atoms with Crippen LogP contribution in [0.4, 0.5) is 10.1 Å². The maximum Gasteiger partial charge on any atom is 0.142 e. The molecule has 0 saturated carbocycles. The molecule has 7 nitrogen and oxygen atoms in total. The largest absolute Gasteiger partial charge is 0.497 e. The molecule has 2 aromatic carbocycles. The molecule has 0 aromatic heterocycles. The van der Waals surface area contributed by atoms with Crippen molar-refractivity contribution < 1.29 is 28.8 Å². The normalized spacial score (nSPS) is 23.4. The minimum atomic E-state index is -1.27. The molecule has 2 saturated heterocycles. The highest BCUT2D eigenvalue weighted by atomic mass is 35.5. The second kappa shape index (κ2) is 10.7. The maximum absolute atomic E-state index is 13.4. The van der Waals surface area contributed by atoms with Crippen molar-refractivity contribution in [3.05, 3.63) is 53.3 Å². The topological polar surface area (TPSA) is 74.6 Å². The van der Waals surface area contributed by atoms with E-state index in [1.807, 2.05) is 29.2 Å². The Hall–Kier alpha value is -2.10. The van der Waals surface area contributed by atoms with Crippen LogP contribution >= 0.6 is 11.6 Å². The Morgan fingerprint density at radius 1 is 1.03 bits per heavy atom. The van der Waals surface area contributed by atoms with E-state index in [4.69, 9.17) is 25.8 Å². The number of hydrogen-bond donors (Lipinski definition) is 2. The van der Waals surface area contributed by atoms with E-state index >= 15 is 0 Å². The number of hydrogen-bond acceptors (Lipinski definition) is 7. The smallest absolute Gasteiger partial charge is 0.142 e. The van der Waals surface area contributed by atoms with Crippen molar-refractivity contribution in [2.45, 2.75) is 24.0 Å². The van der Waals surface area contributed by atoms with E-state index in [1.54, 1.807) is 7.11 Å². The van der Waals surface area contributed by atoms with Crippen LogP contribution < -0.4 is 14.4 Å². The molecule has 2 fully saturated rings. The van der Waals surface area contributed by atoms with Crippen molar-refractivity contribution in [3.8, 4) is 11.5 Å². The fraction of sp³-hybridized carbons (Fsp3) is 0.520. The predicted molar refractivity (Wildman–Crippen MR) is 129 cm³/mol. The highest BCUT2D eigenvalue weighted by molar-refractivity contribution is 6.30. The molecule has 0 aliphatic carbocycles. The first-order valence-corrected chi connectivity index (χ1v) is 11.9. The monoisotopic (exact) mass is 494 g/mol. The fourth-order valence-electron chi connectivity index (χ4n) is 4.55. The quantitative estimate of drug-likeness (QED) is 0.613. The number of anilines is 1. The maximum atomic E-state index is 13.4. The molecular formula is C25H32ClFN2O5. The molecule has 0 bridgehead atoms. The number of β-amino-alcohol motifs (C(OH)–C–C–N with tert-alkyl or cyclic N) is 2. The highest BCUT2D eigenvalue weighted by Gasteiger charge is 2.39. The summed E-state index contributed by atoms with van der Waals surface area (Å²) in [5.74, 6) is 0.669. The van der Waals surface area contributed by atoms with Crippen molar-refractivity contribution in [2.24, 2.45) is 0 Å². The van der Waals surface area contributed by atoms with Gasteiger partial charge in [-0.15, -0.1) is 0 Å². The summed E-state index contributed by atoms with van der Waals surface area (Å²) in [6, 6.07) is 12.0. The second-order valence-corrected chi connectivity index (χ2v) is 9.67. The van der Waals surface area contributed by atoms with Gasteiger partial charge in [-0.2, -0.15) is 0 Å². The van der Waals surface area contributed by atoms with Crippen molar-refractivity contribution >= 4 is 17.3 Å². The zero-order valence-electron chi connectivity index (χ0n) is 19.4. The number of rotatable bonds is 7. The van der Waals surface area contributed by atoms with Crippen LogP contribution in [0.5, 0.6) is 11.5 Å². The van der Waals surface area contributed by atoms with E-state index in [0.717, 1.165) is 24.5 Å². The molecule has 0 spiro atoms. The molecule has 34 heavy (non-hydrogen) atoms. The number of ether oxygens (including phenoxy) is 3. The molecule has 0 amide bonds. The third kappa shape index (κ3) is 6.31. The van der Waals surface area contributed by atoms with E-state index in [1.165, 1.54) is 18.2 Å². The Labute approximate surface area is 204 Å². The van der Waals surface area contributed by atoms with E-state index in [0.29, 0.717) is 44.8 Å². The minimum absolute atomic E-state index is 0.0326. The van der Waals surface area contributed by atoms with Gasteiger partial charge in [-0.25, -0.2) is 4.39 Å². The average molecular weight is 495 g/mol. The number of benzene rings is 2. The number of halogens is 2. The molecule has 2 heterocycles. The van der Waals surface area contributed by atoms with Gasteiger partial charge in [-0.3, -0.25) is 4.90 Å². The number of aliphatic hydroxyl groups is 2. The first-order chi connectivity index (χ1) is 16.3. The van der Waals surface area contributed by atoms with Crippen LogP contribution in [0.15, 0.2) is 42.5 Å². The Morgan fingerprint density at radius 3 is 2.41 bits per heavy atom. The Bertz CT molecular complexity index is 955. The van der Waals surface area contributed by atoms with Crippen LogP contribution in [0.25, 0.3) is 0 Å². The summed E-state index contributed by atoms with van der Waals surface area (Å²) in [6.07, 6.45) is 1.25. The van der Waals surface area contributed by atoms with Crippen molar-refractivity contribution in [1.82, 2.24) is 4.90 Å². The summed E-state index contributed by atoms with van der Waals surface area (Å²) >= 11 is 5.82. The Kier molecular flexibility index (Phi) is 7.84. The summed E-state index contributed by atoms with van der Waals surface area (Å²) in [4.78, 5) is 4.30. The average Bonchev–Trinajstić information content (AvgIpc) is 3.01. The molecule has 9 heteroatoms. The lowest BCUT2D eigenvalue weighted by molar-refractivity contribution is -0.0742. The third-order valence-corrected chi connectivity index (χ3v) is 6.78. The number of methoxy groups -OCH3 is 1. The minimum Gasteiger partial charge on any atom is -0.497 e. The van der Waals surface area contributed by atoms with Gasteiger partial charge in [0, 0.05) is 44.5 Å². The first-order valence-electron chi connectivity index (χ1n) is 11.5. The molecule has 186 valence electrons. The lowest BCUT2D eigenvalue weighted by atomic mass is 9.90. The third-order valence-electron chi connectivity index (χ3n) is 6.49. The lowest BCUT2D eigenvalue weighted by Crippen LogP contribution is -2.55. The van der Waals surface area contributed by atoms with Crippen molar-refractivity contribution in [3.63, 3.8) is 0 Å². The fourth-order valence-corrected chi connectivity index (χ4v) is 4.72. The number of piperidine rings is 1. The van der Waals surface area contributed by atoms with E-state index in [-0.39, 0.29) is 18.2 Å². The van der Waals surface area contributed by atoms with Gasteiger partial charge in [0.05, 0.1) is 30.9 Å². The molecular weight excluding hydrogens is 463 g/mol. The molecule has 1 unspecified atom stereocenters. The standard InChI is InChI=1S/C25H32ClFN2O5/c1-32-20-4-2-19(3-5-20)29-10-8-24(30,9-11-29)15-28-12-13-33-17-25(31,16-28)18-34-21-6-7-23(27)22(26)14-21/h2-7,14,30-31H,8-13,15-18H2,1H3. The van der Waals surface area contributed by atoms with Gasteiger partial charge >= 0.3 is 0 Å². The summed E-state index contributed by atoms with van der Waals surface area (Å²) < 4.78 is 29.9. The molecule has 2 aromatic rings. The summed E-state index contributed by atoms with van der Waals surface area (Å²) in [6.45, 7) is 3.37. The van der Waals surface area contributed by atoms with E-state index in [2.05, 4.69) is 4.90 Å². The summed E-state index contributed by atoms with van der Waals surface area (Å²) in [7, 11) is 1.65. The Morgan fingerprint density at radius 2 is 1.74 bits per heavy atom. The van der Waals surface area contributed by atoms with Gasteiger partial charge in [0.25, 0.3) is 0 Å². The van der Waals surface area contributed by atoms with Gasteiger partial charge in [-0.05, 0) is 49.2 Å². The van der Waals surface area contributed by atoms with Gasteiger partial charge in [0.1, 0.15) is 29.5 Å². The van der Waals surface area contributed by atoms with Crippen LogP contribution in [-0.2, 0) is 4.74 Å². The Balaban J connectivity index is 1.32. The molecule has 4 rings (SSSR count). The van der Waals surface area contributed by atoms with Crippen LogP contribution in [0.3, 0.4) is 0 Å². The van der Waals surface area contributed by atoms with Crippen molar-refractivity contribution in [2.75, 3.05) is 64.6 Å². The number of nitrogens with zero attached hydrogens (tertiary/aromatic N) is 2. The van der Waals surface area contributed by atoms with Gasteiger partial charge in [-0.1, -0.05) is 11.6 Å². The predicted octanol–water partition coefficient (Wildman–Crippen LogP) is 2.96. The molecule has 2 aliphatic heterocycles. The van der Waals surface area contributed by atoms with Crippen LogP contribution in [0, 0.1) is 5.82 Å². The summed E-state index contributed by atoms with van der Waals surface area (Å²) in [5.41, 5.74) is -1.00. The zero-order chi connectivity index (χ0) is 24.2. The van der Waals surface area contributed by atoms with Gasteiger partial charge in [0.15, 0.2) is 0 Å². The van der Waals surface area contributed by atoms with Crippen LogP contribution in [-0.4, -0.2) is 86.0 Å². The summed E-state index contributed by atoms with van der Waals surface area (Å²) in [5, 5.41) is 22.4. The van der Waals surface area contributed by atoms with Gasteiger partial charge < -0.3 is 29.3 Å². The van der Waals surface area contributed by atoms with E-state index in [9.17, 15) is 14.6 Å². The molecule has 1 atom stereocenters. The SMILES string of the molecule is COc1ccc(N2CCC(O)(CN3CCOCC(O)(COc4ccc(F)c(Cl)c4)C3)CC2)cc1. The lowest BCUT2D eigenvalue weighted by Gasteiger charge is -2.42. The zero-order valence-corrected chi connectivity index (χ0v) is 20.1. The highest BCUT2D eigenvalue weighted by Crippen LogP contribution is 2.29. The molecule has 0 radical (unpaired) electrons. The second-order valence-electron chi connectivity index (χ2n) is 9.26. The first kappa shape index (κ1) is 25.0. The van der Waals surface area contributed by atoms with Gasteiger partial charge in [0.2, 0.25) is 0 Å². The van der Waals surface area contributed by atoms with E-state index < -0.39 is 17.0 Å². The van der Waals surface area contributed by atoms with Crippen LogP contribution in [0.1, 0.15) is 12.8 Å².